The monoisotopic (exact) mass is 526 g/mol. The van der Waals surface area contributed by atoms with E-state index in [9.17, 15) is 14.4 Å². The molecule has 0 bridgehead atoms. The molecule has 0 saturated carbocycles. The highest BCUT2D eigenvalue weighted by atomic mass is 16.7. The number of oxime groups is 1. The molecule has 0 amide bonds. The molecular weight excluding hydrogens is 492 g/mol. The largest absolute Gasteiger partial charge is 0.497 e. The maximum absolute atomic E-state index is 13.5. The van der Waals surface area contributed by atoms with Gasteiger partial charge in [-0.1, -0.05) is 31.3 Å². The first-order valence-electron chi connectivity index (χ1n) is 13.4. The van der Waals surface area contributed by atoms with Crippen LogP contribution in [0.25, 0.3) is 21.8 Å². The van der Waals surface area contributed by atoms with Crippen LogP contribution in [0.15, 0.2) is 65.8 Å². The summed E-state index contributed by atoms with van der Waals surface area (Å²) in [6.07, 6.45) is 4.33. The van der Waals surface area contributed by atoms with E-state index in [1.165, 1.54) is 6.92 Å². The number of aromatic nitrogens is 1. The quantitative estimate of drug-likeness (QED) is 0.0644. The average Bonchev–Trinajstić information content (AvgIpc) is 3.28. The normalized spacial score (nSPS) is 11.6. The Balaban J connectivity index is 1.75. The van der Waals surface area contributed by atoms with Crippen molar-refractivity contribution in [1.29, 1.82) is 0 Å². The number of unbranched alkanes of at least 4 members (excludes halogenated alkanes) is 3. The second kappa shape index (κ2) is 12.5. The van der Waals surface area contributed by atoms with Crippen molar-refractivity contribution in [3.05, 3.63) is 77.4 Å². The topological polar surface area (TPSA) is 87.0 Å². The summed E-state index contributed by atoms with van der Waals surface area (Å²) in [5.74, 6) is -0.235. The van der Waals surface area contributed by atoms with Crippen LogP contribution in [0, 0.1) is 0 Å². The van der Waals surface area contributed by atoms with Gasteiger partial charge in [-0.25, -0.2) is 4.79 Å². The lowest BCUT2D eigenvalue weighted by atomic mass is 9.98. The molecular formula is C32H34N2O5. The summed E-state index contributed by atoms with van der Waals surface area (Å²) < 4.78 is 7.37. The van der Waals surface area contributed by atoms with Crippen molar-refractivity contribution in [3.63, 3.8) is 0 Å². The van der Waals surface area contributed by atoms with Crippen LogP contribution < -0.4 is 4.74 Å². The van der Waals surface area contributed by atoms with E-state index >= 15 is 0 Å². The third kappa shape index (κ3) is 6.08. The Bertz CT molecular complexity index is 1550. The lowest BCUT2D eigenvalue weighted by Gasteiger charge is -2.07. The van der Waals surface area contributed by atoms with Gasteiger partial charge < -0.3 is 14.1 Å². The molecule has 0 unspecified atom stereocenters. The van der Waals surface area contributed by atoms with Crippen LogP contribution in [0.2, 0.25) is 0 Å². The summed E-state index contributed by atoms with van der Waals surface area (Å²) in [5.41, 5.74) is 3.78. The van der Waals surface area contributed by atoms with Crippen LogP contribution in [0.3, 0.4) is 0 Å². The third-order valence-electron chi connectivity index (χ3n) is 6.87. The van der Waals surface area contributed by atoms with E-state index in [2.05, 4.69) is 23.6 Å². The number of carbonyl (C=O) groups excluding carboxylic acids is 3. The summed E-state index contributed by atoms with van der Waals surface area (Å²) in [5, 5.41) is 5.67. The summed E-state index contributed by atoms with van der Waals surface area (Å²) in [6, 6.07) is 18.3. The molecule has 0 N–H and O–H groups in total. The van der Waals surface area contributed by atoms with E-state index in [4.69, 9.17) is 9.57 Å². The van der Waals surface area contributed by atoms with Crippen LogP contribution in [0.1, 0.15) is 79.2 Å². The number of ketones is 2. The lowest BCUT2D eigenvalue weighted by Crippen LogP contribution is -2.16. The molecule has 0 aliphatic heterocycles. The number of nitrogens with zero attached hydrogens (tertiary/aromatic N) is 2. The molecule has 0 atom stereocenters. The summed E-state index contributed by atoms with van der Waals surface area (Å²) in [4.78, 5) is 43.0. The minimum atomic E-state index is -0.565. The van der Waals surface area contributed by atoms with Crippen LogP contribution in [-0.2, 0) is 16.2 Å². The Morgan fingerprint density at radius 3 is 2.00 bits per heavy atom. The first kappa shape index (κ1) is 27.8. The van der Waals surface area contributed by atoms with E-state index < -0.39 is 5.97 Å². The van der Waals surface area contributed by atoms with Gasteiger partial charge in [-0.2, -0.15) is 0 Å². The number of aryl methyl sites for hydroxylation is 1. The number of rotatable bonds is 12. The molecule has 0 saturated heterocycles. The van der Waals surface area contributed by atoms with Gasteiger partial charge in [0.05, 0.1) is 7.11 Å². The highest BCUT2D eigenvalue weighted by Crippen LogP contribution is 2.32. The van der Waals surface area contributed by atoms with Gasteiger partial charge in [0.25, 0.3) is 0 Å². The zero-order valence-corrected chi connectivity index (χ0v) is 23.0. The molecule has 0 aliphatic rings. The van der Waals surface area contributed by atoms with E-state index in [0.29, 0.717) is 28.9 Å². The molecule has 1 aromatic heterocycles. The highest BCUT2D eigenvalue weighted by Gasteiger charge is 2.19. The Hall–Kier alpha value is -4.26. The van der Waals surface area contributed by atoms with Crippen molar-refractivity contribution in [2.45, 2.75) is 59.4 Å². The maximum atomic E-state index is 13.5. The van der Waals surface area contributed by atoms with Gasteiger partial charge in [0.15, 0.2) is 5.78 Å². The van der Waals surface area contributed by atoms with Gasteiger partial charge >= 0.3 is 5.97 Å². The van der Waals surface area contributed by atoms with E-state index in [0.717, 1.165) is 54.0 Å². The number of carbonyl (C=O) groups is 3. The fourth-order valence-corrected chi connectivity index (χ4v) is 4.84. The first-order chi connectivity index (χ1) is 18.9. The molecule has 39 heavy (non-hydrogen) atoms. The minimum absolute atomic E-state index is 0.0907. The zero-order valence-electron chi connectivity index (χ0n) is 23.0. The molecule has 4 rings (SSSR count). The molecule has 0 fully saturated rings. The summed E-state index contributed by atoms with van der Waals surface area (Å²) in [7, 11) is 1.59. The predicted octanol–water partition coefficient (Wildman–Crippen LogP) is 7.13. The third-order valence-corrected chi connectivity index (χ3v) is 6.87. The van der Waals surface area contributed by atoms with E-state index in [1.54, 1.807) is 37.4 Å². The van der Waals surface area contributed by atoms with Crippen molar-refractivity contribution in [3.8, 4) is 5.75 Å². The predicted molar refractivity (Wildman–Crippen MR) is 154 cm³/mol. The van der Waals surface area contributed by atoms with Crippen molar-refractivity contribution >= 4 is 45.1 Å². The molecule has 4 aromatic rings. The molecule has 3 aromatic carbocycles. The zero-order chi connectivity index (χ0) is 27.9. The summed E-state index contributed by atoms with van der Waals surface area (Å²) >= 11 is 0. The average molecular weight is 527 g/mol. The van der Waals surface area contributed by atoms with Crippen molar-refractivity contribution in [2.24, 2.45) is 5.16 Å². The Morgan fingerprint density at radius 1 is 0.795 bits per heavy atom. The van der Waals surface area contributed by atoms with E-state index in [-0.39, 0.29) is 17.3 Å². The Morgan fingerprint density at radius 2 is 1.41 bits per heavy atom. The number of hydrogen-bond acceptors (Lipinski definition) is 6. The molecule has 0 aliphatic carbocycles. The molecule has 1 heterocycles. The molecule has 0 radical (unpaired) electrons. The fourth-order valence-electron chi connectivity index (χ4n) is 4.84. The minimum Gasteiger partial charge on any atom is -0.497 e. The van der Waals surface area contributed by atoms with Gasteiger partial charge in [0.2, 0.25) is 5.78 Å². The van der Waals surface area contributed by atoms with E-state index in [1.807, 2.05) is 30.3 Å². The molecule has 7 heteroatoms. The van der Waals surface area contributed by atoms with Crippen LogP contribution >= 0.6 is 0 Å². The molecule has 0 spiro atoms. The van der Waals surface area contributed by atoms with Crippen molar-refractivity contribution in [1.82, 2.24) is 4.57 Å². The van der Waals surface area contributed by atoms with Gasteiger partial charge in [-0.05, 0) is 80.4 Å². The maximum Gasteiger partial charge on any atom is 0.331 e. The number of ether oxygens (including phenoxy) is 1. The smallest absolute Gasteiger partial charge is 0.331 e. The Labute approximate surface area is 228 Å². The van der Waals surface area contributed by atoms with Crippen LogP contribution in [0.5, 0.6) is 5.75 Å². The van der Waals surface area contributed by atoms with Gasteiger partial charge in [-0.15, -0.1) is 0 Å². The summed E-state index contributed by atoms with van der Waals surface area (Å²) in [6.45, 7) is 6.18. The van der Waals surface area contributed by atoms with Crippen molar-refractivity contribution in [2.75, 3.05) is 7.11 Å². The van der Waals surface area contributed by atoms with Crippen molar-refractivity contribution < 1.29 is 24.0 Å². The highest BCUT2D eigenvalue weighted by molar-refractivity contribution is 6.46. The van der Waals surface area contributed by atoms with Crippen LogP contribution in [-0.4, -0.2) is 34.9 Å². The molecule has 202 valence electrons. The second-order valence-corrected chi connectivity index (χ2v) is 9.53. The second-order valence-electron chi connectivity index (χ2n) is 9.53. The van der Waals surface area contributed by atoms with Crippen LogP contribution in [0.4, 0.5) is 0 Å². The number of hydrogen-bond donors (Lipinski definition) is 0. The van der Waals surface area contributed by atoms with Gasteiger partial charge in [-0.3, -0.25) is 9.59 Å². The standard InChI is InChI=1S/C32H34N2O5/c1-5-7-8-9-10-28(33-39-21(3)35)32(37)24-14-18-30-27(20-24)26-19-23(13-17-29(26)34(30)6-2)31(36)22-11-15-25(38-4)16-12-22/h11-20H,5-10H2,1-4H3/b33-28+. The lowest BCUT2D eigenvalue weighted by molar-refractivity contribution is -0.140. The SMILES string of the molecule is CCCCCC/C(=N\OC(C)=O)C(=O)c1ccc2c(c1)c1cc(C(=O)c3ccc(OC)cc3)ccc1n2CC. The number of fused-ring (bicyclic) bond motifs is 3. The first-order valence-corrected chi connectivity index (χ1v) is 13.4. The number of benzene rings is 3. The number of Topliss-reactive ketones (excluding diaryl/α,β-unsaturated/α-hetero) is 1. The van der Waals surface area contributed by atoms with Gasteiger partial charge in [0.1, 0.15) is 11.5 Å². The van der Waals surface area contributed by atoms with Gasteiger partial charge in [0, 0.05) is 52.0 Å². The number of methoxy groups -OCH3 is 1. The Kier molecular flexibility index (Phi) is 8.92. The fraction of sp³-hybridized carbons (Fsp3) is 0.312. The molecule has 7 nitrogen and oxygen atoms in total.